The number of amides is 2. The highest BCUT2D eigenvalue weighted by atomic mass is 32.2. The number of aliphatic hydroxyl groups excluding tert-OH is 1. The summed E-state index contributed by atoms with van der Waals surface area (Å²) in [5.74, 6) is 0.571. The van der Waals surface area contributed by atoms with E-state index in [4.69, 9.17) is 5.11 Å². The lowest BCUT2D eigenvalue weighted by Crippen LogP contribution is -2.55. The number of thioether (sulfide) groups is 1. The summed E-state index contributed by atoms with van der Waals surface area (Å²) in [7, 11) is 0. The van der Waals surface area contributed by atoms with Gasteiger partial charge >= 0.3 is 6.09 Å². The Balaban J connectivity index is 2.16. The van der Waals surface area contributed by atoms with Gasteiger partial charge in [0.25, 0.3) is 0 Å². The van der Waals surface area contributed by atoms with Gasteiger partial charge < -0.3 is 20.4 Å². The molecule has 2 rings (SSSR count). The Hall–Kier alpha value is -0.950. The van der Waals surface area contributed by atoms with Gasteiger partial charge in [-0.1, -0.05) is 0 Å². The molecule has 2 fully saturated rings. The van der Waals surface area contributed by atoms with Crippen molar-refractivity contribution in [3.05, 3.63) is 0 Å². The van der Waals surface area contributed by atoms with Crippen LogP contribution in [0, 0.1) is 0 Å². The van der Waals surface area contributed by atoms with E-state index >= 15 is 0 Å². The molecule has 0 spiro atoms. The molecule has 2 aliphatic heterocycles. The molecule has 0 saturated carbocycles. The van der Waals surface area contributed by atoms with Gasteiger partial charge in [0.15, 0.2) is 0 Å². The van der Waals surface area contributed by atoms with Crippen LogP contribution in [0.15, 0.2) is 0 Å². The number of fused-ring (bicyclic) bond motifs is 1. The van der Waals surface area contributed by atoms with Crippen LogP contribution in [0.2, 0.25) is 0 Å². The Labute approximate surface area is 110 Å². The van der Waals surface area contributed by atoms with Gasteiger partial charge in [0.1, 0.15) is 6.04 Å². The third-order valence-corrected chi connectivity index (χ3v) is 4.79. The molecule has 3 atom stereocenters. The quantitative estimate of drug-likeness (QED) is 0.680. The molecular formula is C11H18N2O4S. The summed E-state index contributed by atoms with van der Waals surface area (Å²) >= 11 is 1.68. The minimum atomic E-state index is -1.17. The van der Waals surface area contributed by atoms with Crippen molar-refractivity contribution in [3.8, 4) is 0 Å². The van der Waals surface area contributed by atoms with Crippen molar-refractivity contribution >= 4 is 23.8 Å². The molecule has 102 valence electrons. The average molecular weight is 274 g/mol. The van der Waals surface area contributed by atoms with Crippen LogP contribution in [0.5, 0.6) is 0 Å². The van der Waals surface area contributed by atoms with Crippen molar-refractivity contribution in [3.63, 3.8) is 0 Å². The average Bonchev–Trinajstić information content (AvgIpc) is 2.49. The molecule has 2 saturated heterocycles. The first-order valence-corrected chi connectivity index (χ1v) is 7.22. The molecule has 2 unspecified atom stereocenters. The zero-order valence-electron chi connectivity index (χ0n) is 10.0. The Morgan fingerprint density at radius 1 is 1.44 bits per heavy atom. The molecule has 18 heavy (non-hydrogen) atoms. The summed E-state index contributed by atoms with van der Waals surface area (Å²) in [4.78, 5) is 24.8. The lowest BCUT2D eigenvalue weighted by molar-refractivity contribution is -0.138. The van der Waals surface area contributed by atoms with Crippen molar-refractivity contribution in [1.82, 2.24) is 10.2 Å². The first kappa shape index (κ1) is 13.5. The lowest BCUT2D eigenvalue weighted by atomic mass is 10.0. The van der Waals surface area contributed by atoms with E-state index in [0.29, 0.717) is 6.42 Å². The van der Waals surface area contributed by atoms with Crippen molar-refractivity contribution in [2.45, 2.75) is 43.1 Å². The molecule has 6 nitrogen and oxygen atoms in total. The van der Waals surface area contributed by atoms with E-state index in [-0.39, 0.29) is 23.9 Å². The smallest absolute Gasteiger partial charge is 0.405 e. The van der Waals surface area contributed by atoms with Gasteiger partial charge in [-0.05, 0) is 31.4 Å². The molecule has 3 N–H and O–H groups in total. The third-order valence-electron chi connectivity index (χ3n) is 3.47. The summed E-state index contributed by atoms with van der Waals surface area (Å²) in [5.41, 5.74) is 0. The number of hydrogen-bond acceptors (Lipinski definition) is 4. The standard InChI is InChI=1S/C11H18N2O4S/c14-6-7-2-1-3-9-13(7)10(15)8(4-5-18-9)12-11(16)17/h7-9,12,14H,1-6H2,(H,16,17)/t7?,8?,9-/m0/s1. The normalized spacial score (nSPS) is 32.6. The van der Waals surface area contributed by atoms with E-state index in [0.717, 1.165) is 25.0 Å². The molecule has 0 bridgehead atoms. The summed E-state index contributed by atoms with van der Waals surface area (Å²) in [5, 5.41) is 20.5. The maximum Gasteiger partial charge on any atom is 0.405 e. The van der Waals surface area contributed by atoms with Gasteiger partial charge in [0, 0.05) is 0 Å². The van der Waals surface area contributed by atoms with Crippen LogP contribution in [0.4, 0.5) is 4.79 Å². The van der Waals surface area contributed by atoms with Crippen LogP contribution < -0.4 is 5.32 Å². The van der Waals surface area contributed by atoms with Crippen LogP contribution >= 0.6 is 11.8 Å². The van der Waals surface area contributed by atoms with Crippen molar-refractivity contribution < 1.29 is 19.8 Å². The highest BCUT2D eigenvalue weighted by Crippen LogP contribution is 2.33. The van der Waals surface area contributed by atoms with E-state index in [1.165, 1.54) is 0 Å². The largest absolute Gasteiger partial charge is 0.465 e. The molecule has 0 aromatic heterocycles. The van der Waals surface area contributed by atoms with Crippen molar-refractivity contribution in [2.75, 3.05) is 12.4 Å². The topological polar surface area (TPSA) is 89.9 Å². The first-order chi connectivity index (χ1) is 8.63. The van der Waals surface area contributed by atoms with E-state index in [2.05, 4.69) is 5.32 Å². The number of hydrogen-bond donors (Lipinski definition) is 3. The summed E-state index contributed by atoms with van der Waals surface area (Å²) in [6.07, 6.45) is 2.06. The first-order valence-electron chi connectivity index (χ1n) is 6.17. The molecule has 0 radical (unpaired) electrons. The number of aliphatic hydroxyl groups is 1. The van der Waals surface area contributed by atoms with E-state index in [9.17, 15) is 14.7 Å². The van der Waals surface area contributed by atoms with E-state index in [1.54, 1.807) is 16.7 Å². The second-order valence-corrected chi connectivity index (χ2v) is 5.91. The Morgan fingerprint density at radius 2 is 2.22 bits per heavy atom. The third kappa shape index (κ3) is 2.72. The molecule has 0 aliphatic carbocycles. The van der Waals surface area contributed by atoms with Gasteiger partial charge in [-0.25, -0.2) is 4.79 Å². The fraction of sp³-hybridized carbons (Fsp3) is 0.818. The Kier molecular flexibility index (Phi) is 4.34. The zero-order valence-corrected chi connectivity index (χ0v) is 10.9. The predicted molar refractivity (Wildman–Crippen MR) is 67.4 cm³/mol. The SMILES string of the molecule is O=C(O)NC1CCS[C@H]2CCCC(CO)N2C1=O. The van der Waals surface area contributed by atoms with Gasteiger partial charge in [0.05, 0.1) is 18.0 Å². The second-order valence-electron chi connectivity index (χ2n) is 4.63. The van der Waals surface area contributed by atoms with Crippen LogP contribution in [0.1, 0.15) is 25.7 Å². The summed E-state index contributed by atoms with van der Waals surface area (Å²) in [6.45, 7) is -0.0530. The van der Waals surface area contributed by atoms with Gasteiger partial charge in [-0.15, -0.1) is 11.8 Å². The molecule has 2 heterocycles. The number of carboxylic acid groups (broad SMARTS) is 1. The second kappa shape index (κ2) is 5.79. The number of carbonyl (C=O) groups excluding carboxylic acids is 1. The minimum Gasteiger partial charge on any atom is -0.465 e. The Morgan fingerprint density at radius 3 is 2.89 bits per heavy atom. The van der Waals surface area contributed by atoms with Crippen LogP contribution in [-0.2, 0) is 4.79 Å². The maximum absolute atomic E-state index is 12.4. The fourth-order valence-electron chi connectivity index (χ4n) is 2.61. The molecule has 7 heteroatoms. The van der Waals surface area contributed by atoms with Crippen molar-refractivity contribution in [2.24, 2.45) is 0 Å². The van der Waals surface area contributed by atoms with E-state index < -0.39 is 12.1 Å². The fourth-order valence-corrected chi connectivity index (χ4v) is 4.03. The van der Waals surface area contributed by atoms with Gasteiger partial charge in [-0.2, -0.15) is 0 Å². The minimum absolute atomic E-state index is 0.0530. The molecular weight excluding hydrogens is 256 g/mol. The molecule has 0 aromatic rings. The summed E-state index contributed by atoms with van der Waals surface area (Å²) < 4.78 is 0. The van der Waals surface area contributed by atoms with Gasteiger partial charge in [0.2, 0.25) is 5.91 Å². The monoisotopic (exact) mass is 274 g/mol. The zero-order chi connectivity index (χ0) is 13.1. The highest BCUT2D eigenvalue weighted by molar-refractivity contribution is 7.99. The van der Waals surface area contributed by atoms with Crippen LogP contribution in [0.25, 0.3) is 0 Å². The highest BCUT2D eigenvalue weighted by Gasteiger charge is 2.39. The number of nitrogens with zero attached hydrogens (tertiary/aromatic N) is 1. The number of carbonyl (C=O) groups is 2. The van der Waals surface area contributed by atoms with Gasteiger partial charge in [-0.3, -0.25) is 4.79 Å². The number of piperidine rings is 1. The molecule has 2 aliphatic rings. The van der Waals surface area contributed by atoms with Crippen LogP contribution in [-0.4, -0.2) is 56.9 Å². The van der Waals surface area contributed by atoms with Crippen LogP contribution in [0.3, 0.4) is 0 Å². The number of rotatable bonds is 2. The predicted octanol–water partition coefficient (Wildman–Crippen LogP) is 0.459. The Bertz CT molecular complexity index is 339. The summed E-state index contributed by atoms with van der Waals surface area (Å²) in [6, 6.07) is -0.841. The molecule has 0 aromatic carbocycles. The van der Waals surface area contributed by atoms with E-state index in [1.807, 2.05) is 0 Å². The lowest BCUT2D eigenvalue weighted by Gasteiger charge is -2.40. The molecule has 2 amide bonds. The maximum atomic E-state index is 12.4. The number of nitrogens with one attached hydrogen (secondary N) is 1. The van der Waals surface area contributed by atoms with Crippen molar-refractivity contribution in [1.29, 1.82) is 0 Å².